The molecule has 0 saturated carbocycles. The molecule has 1 heteroatoms. The highest BCUT2D eigenvalue weighted by Gasteiger charge is 2.18. The van der Waals surface area contributed by atoms with Gasteiger partial charge in [0.15, 0.2) is 0 Å². The molecule has 0 spiro atoms. The van der Waals surface area contributed by atoms with E-state index >= 15 is 0 Å². The first-order valence-electron chi connectivity index (χ1n) is 6.84. The number of hydrogen-bond donors (Lipinski definition) is 0. The van der Waals surface area contributed by atoms with Gasteiger partial charge in [0.2, 0.25) is 0 Å². The fourth-order valence-corrected chi connectivity index (χ4v) is 2.33. The molecule has 1 nitrogen and oxygen atoms in total. The van der Waals surface area contributed by atoms with E-state index in [0.29, 0.717) is 6.10 Å². The average Bonchev–Trinajstić information content (AvgIpc) is 2.25. The zero-order valence-electron chi connectivity index (χ0n) is 10.8. The minimum absolute atomic E-state index is 0.574. The molecule has 1 saturated heterocycles. The highest BCUT2D eigenvalue weighted by Crippen LogP contribution is 2.24. The monoisotopic (exact) mass is 212 g/mol. The Morgan fingerprint density at radius 1 is 1.27 bits per heavy atom. The maximum absolute atomic E-state index is 5.85. The van der Waals surface area contributed by atoms with Crippen molar-refractivity contribution in [3.05, 3.63) is 0 Å². The van der Waals surface area contributed by atoms with Crippen LogP contribution < -0.4 is 0 Å². The molecule has 15 heavy (non-hydrogen) atoms. The van der Waals surface area contributed by atoms with Crippen molar-refractivity contribution >= 4 is 0 Å². The van der Waals surface area contributed by atoms with E-state index in [1.165, 1.54) is 44.9 Å². The molecule has 0 aromatic rings. The zero-order valence-corrected chi connectivity index (χ0v) is 10.8. The van der Waals surface area contributed by atoms with Gasteiger partial charge in [0.05, 0.1) is 6.10 Å². The Morgan fingerprint density at radius 2 is 2.07 bits per heavy atom. The van der Waals surface area contributed by atoms with Crippen LogP contribution in [0.4, 0.5) is 0 Å². The van der Waals surface area contributed by atoms with Crippen LogP contribution in [0.5, 0.6) is 0 Å². The van der Waals surface area contributed by atoms with Gasteiger partial charge in [0.25, 0.3) is 0 Å². The van der Waals surface area contributed by atoms with E-state index in [1.54, 1.807) is 0 Å². The van der Waals surface area contributed by atoms with Gasteiger partial charge in [-0.2, -0.15) is 0 Å². The Balaban J connectivity index is 2.04. The molecule has 3 atom stereocenters. The molecule has 0 aromatic heterocycles. The summed E-state index contributed by atoms with van der Waals surface area (Å²) in [6.07, 6.45) is 10.0. The Hall–Kier alpha value is -0.0400. The largest absolute Gasteiger partial charge is 0.378 e. The van der Waals surface area contributed by atoms with Crippen LogP contribution in [0.3, 0.4) is 0 Å². The molecule has 0 amide bonds. The molecular weight excluding hydrogens is 184 g/mol. The van der Waals surface area contributed by atoms with Crippen molar-refractivity contribution in [2.24, 2.45) is 11.8 Å². The summed E-state index contributed by atoms with van der Waals surface area (Å²) in [5, 5.41) is 0. The maximum atomic E-state index is 5.85. The molecular formula is C14H28O. The molecule has 0 bridgehead atoms. The quantitative estimate of drug-likeness (QED) is 0.634. The third-order valence-electron chi connectivity index (χ3n) is 3.63. The van der Waals surface area contributed by atoms with Gasteiger partial charge in [-0.05, 0) is 37.5 Å². The van der Waals surface area contributed by atoms with Crippen molar-refractivity contribution in [1.82, 2.24) is 0 Å². The third kappa shape index (κ3) is 5.55. The van der Waals surface area contributed by atoms with Crippen molar-refractivity contribution in [1.29, 1.82) is 0 Å². The van der Waals surface area contributed by atoms with E-state index in [2.05, 4.69) is 20.8 Å². The summed E-state index contributed by atoms with van der Waals surface area (Å²) in [5.74, 6) is 1.69. The topological polar surface area (TPSA) is 9.23 Å². The fourth-order valence-electron chi connectivity index (χ4n) is 2.33. The lowest BCUT2D eigenvalue weighted by Crippen LogP contribution is -2.24. The van der Waals surface area contributed by atoms with Gasteiger partial charge in [-0.3, -0.25) is 0 Å². The van der Waals surface area contributed by atoms with E-state index in [-0.39, 0.29) is 0 Å². The molecule has 1 aliphatic rings. The van der Waals surface area contributed by atoms with Crippen LogP contribution in [0.25, 0.3) is 0 Å². The Bertz CT molecular complexity index is 147. The summed E-state index contributed by atoms with van der Waals surface area (Å²) in [4.78, 5) is 0. The van der Waals surface area contributed by atoms with Crippen molar-refractivity contribution in [2.45, 2.75) is 71.8 Å². The molecule has 0 N–H and O–H groups in total. The summed E-state index contributed by atoms with van der Waals surface area (Å²) in [6.45, 7) is 7.95. The summed E-state index contributed by atoms with van der Waals surface area (Å²) >= 11 is 0. The first-order chi connectivity index (χ1) is 7.22. The van der Waals surface area contributed by atoms with E-state index in [1.807, 2.05) is 0 Å². The van der Waals surface area contributed by atoms with Crippen molar-refractivity contribution in [3.8, 4) is 0 Å². The molecule has 1 fully saturated rings. The minimum Gasteiger partial charge on any atom is -0.378 e. The number of hydrogen-bond acceptors (Lipinski definition) is 1. The lowest BCUT2D eigenvalue weighted by atomic mass is 9.93. The van der Waals surface area contributed by atoms with Gasteiger partial charge in [0.1, 0.15) is 0 Å². The fraction of sp³-hybridized carbons (Fsp3) is 1.00. The van der Waals surface area contributed by atoms with E-state index < -0.39 is 0 Å². The summed E-state index contributed by atoms with van der Waals surface area (Å²) in [5.41, 5.74) is 0. The van der Waals surface area contributed by atoms with E-state index in [9.17, 15) is 0 Å². The number of rotatable bonds is 6. The smallest absolute Gasteiger partial charge is 0.0575 e. The predicted molar refractivity (Wildman–Crippen MR) is 66.1 cm³/mol. The van der Waals surface area contributed by atoms with Crippen LogP contribution in [0.15, 0.2) is 0 Å². The van der Waals surface area contributed by atoms with E-state index in [4.69, 9.17) is 4.74 Å². The van der Waals surface area contributed by atoms with Crippen LogP contribution in [0.1, 0.15) is 65.7 Å². The standard InChI is InChI=1S/C14H28O/c1-4-5-6-12(2)7-9-14-10-8-13(3)11-15-14/h12-14H,4-11H2,1-3H3. The molecule has 1 rings (SSSR count). The SMILES string of the molecule is CCCCC(C)CCC1CCC(C)CO1. The number of ether oxygens (including phenoxy) is 1. The van der Waals surface area contributed by atoms with Crippen LogP contribution in [-0.2, 0) is 4.74 Å². The Morgan fingerprint density at radius 3 is 2.67 bits per heavy atom. The minimum atomic E-state index is 0.574. The number of unbranched alkanes of at least 4 members (excludes halogenated alkanes) is 1. The molecule has 0 aromatic carbocycles. The maximum Gasteiger partial charge on any atom is 0.0575 e. The van der Waals surface area contributed by atoms with Crippen molar-refractivity contribution in [2.75, 3.05) is 6.61 Å². The highest BCUT2D eigenvalue weighted by molar-refractivity contribution is 4.69. The van der Waals surface area contributed by atoms with Gasteiger partial charge >= 0.3 is 0 Å². The molecule has 90 valence electrons. The summed E-state index contributed by atoms with van der Waals surface area (Å²) in [6, 6.07) is 0. The Kier molecular flexibility index (Phi) is 6.31. The van der Waals surface area contributed by atoms with Gasteiger partial charge in [0, 0.05) is 6.61 Å². The second-order valence-electron chi connectivity index (χ2n) is 5.46. The van der Waals surface area contributed by atoms with Crippen LogP contribution in [-0.4, -0.2) is 12.7 Å². The molecule has 0 radical (unpaired) electrons. The summed E-state index contributed by atoms with van der Waals surface area (Å²) < 4.78 is 5.85. The zero-order chi connectivity index (χ0) is 11.1. The lowest BCUT2D eigenvalue weighted by molar-refractivity contribution is -0.0178. The van der Waals surface area contributed by atoms with Gasteiger partial charge < -0.3 is 4.74 Å². The van der Waals surface area contributed by atoms with Crippen LogP contribution in [0.2, 0.25) is 0 Å². The summed E-state index contributed by atoms with van der Waals surface area (Å²) in [7, 11) is 0. The highest BCUT2D eigenvalue weighted by atomic mass is 16.5. The second kappa shape index (κ2) is 7.27. The lowest BCUT2D eigenvalue weighted by Gasteiger charge is -2.27. The van der Waals surface area contributed by atoms with Gasteiger partial charge in [-0.15, -0.1) is 0 Å². The molecule has 1 heterocycles. The van der Waals surface area contributed by atoms with Crippen molar-refractivity contribution < 1.29 is 4.74 Å². The predicted octanol–water partition coefficient (Wildman–Crippen LogP) is 4.41. The first kappa shape index (κ1) is 13.0. The van der Waals surface area contributed by atoms with Crippen molar-refractivity contribution in [3.63, 3.8) is 0 Å². The van der Waals surface area contributed by atoms with E-state index in [0.717, 1.165) is 18.4 Å². The molecule has 1 aliphatic heterocycles. The van der Waals surface area contributed by atoms with Gasteiger partial charge in [-0.25, -0.2) is 0 Å². The van der Waals surface area contributed by atoms with Gasteiger partial charge in [-0.1, -0.05) is 40.0 Å². The van der Waals surface area contributed by atoms with Crippen LogP contribution in [0, 0.1) is 11.8 Å². The second-order valence-corrected chi connectivity index (χ2v) is 5.46. The first-order valence-corrected chi connectivity index (χ1v) is 6.84. The van der Waals surface area contributed by atoms with Crippen LogP contribution >= 0.6 is 0 Å². The molecule has 0 aliphatic carbocycles. The third-order valence-corrected chi connectivity index (χ3v) is 3.63. The molecule has 3 unspecified atom stereocenters. The normalized spacial score (nSPS) is 29.0. The average molecular weight is 212 g/mol. The Labute approximate surface area is 95.6 Å².